The van der Waals surface area contributed by atoms with Crippen LogP contribution in [-0.4, -0.2) is 55.4 Å². The SMILES string of the molecule is CN(CO)CCC1CCN(C)CC1. The van der Waals surface area contributed by atoms with E-state index in [0.29, 0.717) is 0 Å². The molecule has 0 amide bonds. The summed E-state index contributed by atoms with van der Waals surface area (Å²) in [6.45, 7) is 3.71. The third kappa shape index (κ3) is 4.07. The first-order chi connectivity index (χ1) is 6.22. The predicted molar refractivity (Wildman–Crippen MR) is 54.6 cm³/mol. The van der Waals surface area contributed by atoms with Crippen LogP contribution in [0.25, 0.3) is 0 Å². The Hall–Kier alpha value is -0.120. The Morgan fingerprint density at radius 3 is 2.54 bits per heavy atom. The van der Waals surface area contributed by atoms with Crippen LogP contribution in [0, 0.1) is 5.92 Å². The summed E-state index contributed by atoms with van der Waals surface area (Å²) in [5.41, 5.74) is 0. The first-order valence-electron chi connectivity index (χ1n) is 5.20. The van der Waals surface area contributed by atoms with Crippen LogP contribution in [0.2, 0.25) is 0 Å². The first-order valence-corrected chi connectivity index (χ1v) is 5.20. The van der Waals surface area contributed by atoms with Crippen molar-refractivity contribution in [2.75, 3.05) is 40.5 Å². The molecule has 0 radical (unpaired) electrons. The summed E-state index contributed by atoms with van der Waals surface area (Å²) in [7, 11) is 4.16. The molecule has 0 aromatic rings. The molecule has 13 heavy (non-hydrogen) atoms. The molecule has 3 heteroatoms. The molecule has 78 valence electrons. The van der Waals surface area contributed by atoms with Crippen LogP contribution in [0.3, 0.4) is 0 Å². The maximum absolute atomic E-state index is 8.82. The monoisotopic (exact) mass is 186 g/mol. The van der Waals surface area contributed by atoms with Crippen LogP contribution >= 0.6 is 0 Å². The van der Waals surface area contributed by atoms with E-state index in [4.69, 9.17) is 5.11 Å². The number of aliphatic hydroxyl groups excluding tert-OH is 1. The Morgan fingerprint density at radius 2 is 2.00 bits per heavy atom. The molecule has 1 heterocycles. The Bertz CT molecular complexity index is 133. The van der Waals surface area contributed by atoms with E-state index >= 15 is 0 Å². The van der Waals surface area contributed by atoms with E-state index in [2.05, 4.69) is 11.9 Å². The van der Waals surface area contributed by atoms with Crippen molar-refractivity contribution in [2.24, 2.45) is 5.92 Å². The lowest BCUT2D eigenvalue weighted by Gasteiger charge is -2.29. The van der Waals surface area contributed by atoms with Crippen LogP contribution in [-0.2, 0) is 0 Å². The van der Waals surface area contributed by atoms with Crippen LogP contribution in [0.4, 0.5) is 0 Å². The molecule has 0 atom stereocenters. The number of nitrogens with zero attached hydrogens (tertiary/aromatic N) is 2. The van der Waals surface area contributed by atoms with Gasteiger partial charge in [0.05, 0.1) is 6.73 Å². The van der Waals surface area contributed by atoms with Gasteiger partial charge in [-0.15, -0.1) is 0 Å². The maximum atomic E-state index is 8.82. The summed E-state index contributed by atoms with van der Waals surface area (Å²) >= 11 is 0. The fourth-order valence-electron chi connectivity index (χ4n) is 1.82. The van der Waals surface area contributed by atoms with Gasteiger partial charge in [-0.25, -0.2) is 0 Å². The van der Waals surface area contributed by atoms with Crippen LogP contribution < -0.4 is 0 Å². The minimum Gasteiger partial charge on any atom is -0.381 e. The van der Waals surface area contributed by atoms with E-state index in [-0.39, 0.29) is 6.73 Å². The Balaban J connectivity index is 2.08. The molecule has 0 spiro atoms. The van der Waals surface area contributed by atoms with Crippen LogP contribution in [0.5, 0.6) is 0 Å². The molecule has 1 N–H and O–H groups in total. The summed E-state index contributed by atoms with van der Waals surface area (Å²) in [6.07, 6.45) is 3.90. The molecule has 1 saturated heterocycles. The Morgan fingerprint density at radius 1 is 1.38 bits per heavy atom. The van der Waals surface area contributed by atoms with Crippen molar-refractivity contribution in [3.05, 3.63) is 0 Å². The van der Waals surface area contributed by atoms with Crippen molar-refractivity contribution >= 4 is 0 Å². The summed E-state index contributed by atoms with van der Waals surface area (Å²) < 4.78 is 0. The third-order valence-corrected chi connectivity index (χ3v) is 3.00. The zero-order chi connectivity index (χ0) is 9.68. The second-order valence-corrected chi connectivity index (χ2v) is 4.26. The van der Waals surface area contributed by atoms with Gasteiger partial charge in [-0.05, 0) is 52.4 Å². The summed E-state index contributed by atoms with van der Waals surface area (Å²) in [5.74, 6) is 0.880. The van der Waals surface area contributed by atoms with Gasteiger partial charge in [0.1, 0.15) is 0 Å². The van der Waals surface area contributed by atoms with Crippen molar-refractivity contribution < 1.29 is 5.11 Å². The van der Waals surface area contributed by atoms with E-state index in [1.807, 2.05) is 11.9 Å². The van der Waals surface area contributed by atoms with Gasteiger partial charge in [0, 0.05) is 6.54 Å². The van der Waals surface area contributed by atoms with Gasteiger partial charge in [0.15, 0.2) is 0 Å². The number of likely N-dealkylation sites (tertiary alicyclic amines) is 1. The van der Waals surface area contributed by atoms with Gasteiger partial charge < -0.3 is 10.0 Å². The first kappa shape index (κ1) is 11.0. The molecule has 1 rings (SSSR count). The highest BCUT2D eigenvalue weighted by atomic mass is 16.3. The molecule has 1 aliphatic heterocycles. The average molecular weight is 186 g/mol. The van der Waals surface area contributed by atoms with Gasteiger partial charge in [0.25, 0.3) is 0 Å². The van der Waals surface area contributed by atoms with Crippen LogP contribution in [0.1, 0.15) is 19.3 Å². The molecule has 0 aromatic heterocycles. The molecule has 0 saturated carbocycles. The van der Waals surface area contributed by atoms with E-state index < -0.39 is 0 Å². The van der Waals surface area contributed by atoms with E-state index in [1.54, 1.807) is 0 Å². The largest absolute Gasteiger partial charge is 0.381 e. The Labute approximate surface area is 81.3 Å². The van der Waals surface area contributed by atoms with Crippen molar-refractivity contribution in [3.8, 4) is 0 Å². The number of aliphatic hydroxyl groups is 1. The van der Waals surface area contributed by atoms with Gasteiger partial charge in [-0.1, -0.05) is 0 Å². The lowest BCUT2D eigenvalue weighted by atomic mass is 9.94. The number of rotatable bonds is 4. The second-order valence-electron chi connectivity index (χ2n) is 4.26. The molecular weight excluding hydrogens is 164 g/mol. The lowest BCUT2D eigenvalue weighted by Crippen LogP contribution is -2.32. The van der Waals surface area contributed by atoms with E-state index in [1.165, 1.54) is 32.4 Å². The summed E-state index contributed by atoms with van der Waals surface area (Å²) in [6, 6.07) is 0. The fraction of sp³-hybridized carbons (Fsp3) is 1.00. The molecule has 1 aliphatic rings. The zero-order valence-corrected chi connectivity index (χ0v) is 8.87. The number of piperidine rings is 1. The maximum Gasteiger partial charge on any atom is 0.0954 e. The van der Waals surface area contributed by atoms with E-state index in [9.17, 15) is 0 Å². The number of hydrogen-bond donors (Lipinski definition) is 1. The molecule has 1 fully saturated rings. The highest BCUT2D eigenvalue weighted by Gasteiger charge is 2.16. The standard InChI is InChI=1S/C10H22N2O/c1-11-6-3-10(4-7-11)5-8-12(2)9-13/h10,13H,3-9H2,1-2H3. The van der Waals surface area contributed by atoms with Gasteiger partial charge in [-0.3, -0.25) is 4.90 Å². The predicted octanol–water partition coefficient (Wildman–Crippen LogP) is 0.600. The van der Waals surface area contributed by atoms with Gasteiger partial charge in [0.2, 0.25) is 0 Å². The Kier molecular flexibility index (Phi) is 4.70. The second kappa shape index (κ2) is 5.58. The summed E-state index contributed by atoms with van der Waals surface area (Å²) in [4.78, 5) is 4.37. The van der Waals surface area contributed by atoms with Crippen molar-refractivity contribution in [3.63, 3.8) is 0 Å². The van der Waals surface area contributed by atoms with E-state index in [0.717, 1.165) is 12.5 Å². The van der Waals surface area contributed by atoms with Gasteiger partial charge >= 0.3 is 0 Å². The topological polar surface area (TPSA) is 26.7 Å². The number of hydrogen-bond acceptors (Lipinski definition) is 3. The third-order valence-electron chi connectivity index (χ3n) is 3.00. The molecule has 0 unspecified atom stereocenters. The van der Waals surface area contributed by atoms with Crippen molar-refractivity contribution in [2.45, 2.75) is 19.3 Å². The van der Waals surface area contributed by atoms with Crippen LogP contribution in [0.15, 0.2) is 0 Å². The molecule has 0 bridgehead atoms. The lowest BCUT2D eigenvalue weighted by molar-refractivity contribution is 0.118. The minimum atomic E-state index is 0.187. The normalized spacial score (nSPS) is 21.2. The smallest absolute Gasteiger partial charge is 0.0954 e. The average Bonchev–Trinajstić information content (AvgIpc) is 2.16. The fourth-order valence-corrected chi connectivity index (χ4v) is 1.82. The van der Waals surface area contributed by atoms with Crippen molar-refractivity contribution in [1.82, 2.24) is 9.80 Å². The molecule has 0 aromatic carbocycles. The quantitative estimate of drug-likeness (QED) is 0.651. The molecular formula is C10H22N2O. The summed E-state index contributed by atoms with van der Waals surface area (Å²) in [5, 5.41) is 8.82. The van der Waals surface area contributed by atoms with Gasteiger partial charge in [-0.2, -0.15) is 0 Å². The molecule has 0 aliphatic carbocycles. The highest BCUT2D eigenvalue weighted by Crippen LogP contribution is 2.19. The minimum absolute atomic E-state index is 0.187. The highest BCUT2D eigenvalue weighted by molar-refractivity contribution is 4.70. The molecule has 3 nitrogen and oxygen atoms in total. The zero-order valence-electron chi connectivity index (χ0n) is 8.87. The van der Waals surface area contributed by atoms with Crippen molar-refractivity contribution in [1.29, 1.82) is 0 Å².